The summed E-state index contributed by atoms with van der Waals surface area (Å²) >= 11 is 0. The van der Waals surface area contributed by atoms with Crippen LogP contribution in [0.3, 0.4) is 0 Å². The molecule has 8 nitrogen and oxygen atoms in total. The van der Waals surface area contributed by atoms with E-state index in [1.165, 1.54) is 0 Å². The summed E-state index contributed by atoms with van der Waals surface area (Å²) < 4.78 is 77.7. The highest BCUT2D eigenvalue weighted by molar-refractivity contribution is 5.94. The van der Waals surface area contributed by atoms with E-state index in [-0.39, 0.29) is 11.6 Å². The third kappa shape index (κ3) is 4.70. The van der Waals surface area contributed by atoms with E-state index in [1.807, 2.05) is 0 Å². The maximum atomic E-state index is 12.3. The highest BCUT2D eigenvalue weighted by Crippen LogP contribution is 2.27. The molecule has 0 radical (unpaired) electrons. The van der Waals surface area contributed by atoms with Gasteiger partial charge in [0.25, 0.3) is 0 Å². The van der Waals surface area contributed by atoms with Crippen LogP contribution in [0, 0.1) is 5.92 Å². The number of nitrogens with two attached hydrogens (primary N) is 1. The minimum atomic E-state index is -5.43. The second-order valence-electron chi connectivity index (χ2n) is 4.36. The van der Waals surface area contributed by atoms with Crippen LogP contribution in [-0.2, 0) is 24.0 Å². The third-order valence-electron chi connectivity index (χ3n) is 2.70. The number of rotatable bonds is 4. The highest BCUT2D eigenvalue weighted by Gasteiger charge is 2.51. The molecule has 0 saturated carbocycles. The number of carbonyl (C=O) groups is 2. The number of oxime groups is 1. The van der Waals surface area contributed by atoms with Gasteiger partial charge in [0.05, 0.1) is 0 Å². The molecule has 0 aromatic carbocycles. The summed E-state index contributed by atoms with van der Waals surface area (Å²) in [5, 5.41) is 3.38. The van der Waals surface area contributed by atoms with Gasteiger partial charge in [-0.25, -0.2) is 9.59 Å². The normalized spacial score (nSPS) is 24.1. The van der Waals surface area contributed by atoms with Gasteiger partial charge < -0.3 is 20.1 Å². The number of hydroxylamine groups is 2. The molecular weight excluding hydrogens is 356 g/mol. The Bertz CT molecular complexity index is 520. The predicted molar refractivity (Wildman–Crippen MR) is 61.8 cm³/mol. The second kappa shape index (κ2) is 7.21. The molecule has 1 heterocycles. The fraction of sp³-hybridized carbons (Fsp3) is 0.700. The molecule has 138 valence electrons. The summed E-state index contributed by atoms with van der Waals surface area (Å²) in [6.45, 7) is -0.890. The minimum Gasteiger partial charge on any atom is -0.431 e. The molecule has 2 unspecified atom stereocenters. The molecule has 14 heteroatoms. The second-order valence-corrected chi connectivity index (χ2v) is 4.36. The summed E-state index contributed by atoms with van der Waals surface area (Å²) in [6, 6.07) is 0. The Labute approximate surface area is 130 Å². The van der Waals surface area contributed by atoms with Crippen molar-refractivity contribution in [2.75, 3.05) is 20.2 Å². The summed E-state index contributed by atoms with van der Waals surface area (Å²) in [5.41, 5.74) is 4.89. The molecule has 1 aliphatic rings. The van der Waals surface area contributed by atoms with Gasteiger partial charge >= 0.3 is 24.3 Å². The Hall–Kier alpha value is -2.09. The van der Waals surface area contributed by atoms with Gasteiger partial charge in [-0.3, -0.25) is 0 Å². The van der Waals surface area contributed by atoms with Crippen LogP contribution in [-0.4, -0.2) is 61.5 Å². The Morgan fingerprint density at radius 1 is 1.21 bits per heavy atom. The van der Waals surface area contributed by atoms with Gasteiger partial charge in [0.1, 0.15) is 12.8 Å². The number of hydrogen-bond donors (Lipinski definition) is 1. The number of nitrogens with zero attached hydrogens (tertiary/aromatic N) is 2. The number of alkyl halides is 6. The first-order valence-electron chi connectivity index (χ1n) is 6.06. The zero-order valence-corrected chi connectivity index (χ0v) is 11.8. The number of halogens is 6. The largest absolute Gasteiger partial charge is 0.492 e. The van der Waals surface area contributed by atoms with Gasteiger partial charge in [-0.15, -0.1) is 0 Å². The highest BCUT2D eigenvalue weighted by atomic mass is 19.4. The number of carbonyl (C=O) groups excluding carboxylic acids is 2. The fourth-order valence-corrected chi connectivity index (χ4v) is 1.71. The van der Waals surface area contributed by atoms with Crippen molar-refractivity contribution in [3.8, 4) is 0 Å². The van der Waals surface area contributed by atoms with E-state index in [0.29, 0.717) is 0 Å². The predicted octanol–water partition coefficient (Wildman–Crippen LogP) is 0.331. The standard InChI is InChI=1S/C10H11F6N3O5/c1-22-18-5-4(2-17)3-19(24-8(21)10(14,15)16)6(5)23-7(20)9(11,12)13/h4,6H,2-3,17H2,1H3/b18-5-. The zero-order chi connectivity index (χ0) is 18.7. The lowest BCUT2D eigenvalue weighted by Gasteiger charge is -2.23. The van der Waals surface area contributed by atoms with Crippen LogP contribution in [0.5, 0.6) is 0 Å². The van der Waals surface area contributed by atoms with Crippen LogP contribution in [0.25, 0.3) is 0 Å². The van der Waals surface area contributed by atoms with Crippen LogP contribution in [0.15, 0.2) is 5.16 Å². The van der Waals surface area contributed by atoms with Crippen molar-refractivity contribution in [2.24, 2.45) is 16.8 Å². The summed E-state index contributed by atoms with van der Waals surface area (Å²) in [4.78, 5) is 30.1. The zero-order valence-electron chi connectivity index (χ0n) is 11.8. The number of ether oxygens (including phenoxy) is 1. The average molecular weight is 367 g/mol. The van der Waals surface area contributed by atoms with Gasteiger partial charge in [0.2, 0.25) is 6.23 Å². The topological polar surface area (TPSA) is 103 Å². The summed E-state index contributed by atoms with van der Waals surface area (Å²) in [5.74, 6) is -6.41. The molecule has 0 amide bonds. The lowest BCUT2D eigenvalue weighted by atomic mass is 10.1. The lowest BCUT2D eigenvalue weighted by molar-refractivity contribution is -0.262. The quantitative estimate of drug-likeness (QED) is 0.434. The van der Waals surface area contributed by atoms with Gasteiger partial charge in [-0.1, -0.05) is 10.2 Å². The van der Waals surface area contributed by atoms with E-state index < -0.39 is 48.7 Å². The van der Waals surface area contributed by atoms with Crippen molar-refractivity contribution in [2.45, 2.75) is 18.6 Å². The fourth-order valence-electron chi connectivity index (χ4n) is 1.71. The average Bonchev–Trinajstić information content (AvgIpc) is 2.75. The van der Waals surface area contributed by atoms with Crippen LogP contribution < -0.4 is 5.73 Å². The van der Waals surface area contributed by atoms with Crippen molar-refractivity contribution >= 4 is 17.7 Å². The van der Waals surface area contributed by atoms with E-state index in [4.69, 9.17) is 5.73 Å². The van der Waals surface area contributed by atoms with Crippen molar-refractivity contribution in [1.82, 2.24) is 5.06 Å². The maximum absolute atomic E-state index is 12.3. The van der Waals surface area contributed by atoms with Crippen LogP contribution in [0.1, 0.15) is 0 Å². The molecular formula is C10H11F6N3O5. The Morgan fingerprint density at radius 3 is 2.17 bits per heavy atom. The van der Waals surface area contributed by atoms with E-state index in [1.54, 1.807) is 0 Å². The molecule has 1 fully saturated rings. The molecule has 0 aromatic rings. The van der Waals surface area contributed by atoms with Gasteiger partial charge in [-0.05, 0) is 0 Å². The lowest BCUT2D eigenvalue weighted by Crippen LogP contribution is -2.44. The molecule has 2 atom stereocenters. The van der Waals surface area contributed by atoms with Gasteiger partial charge in [0, 0.05) is 19.0 Å². The van der Waals surface area contributed by atoms with Crippen molar-refractivity contribution in [3.63, 3.8) is 0 Å². The Morgan fingerprint density at radius 2 is 1.75 bits per heavy atom. The minimum absolute atomic E-state index is 0.0921. The first kappa shape index (κ1) is 20.0. The molecule has 24 heavy (non-hydrogen) atoms. The molecule has 0 bridgehead atoms. The van der Waals surface area contributed by atoms with Crippen LogP contribution in [0.4, 0.5) is 26.3 Å². The molecule has 0 aromatic heterocycles. The molecule has 0 spiro atoms. The maximum Gasteiger partial charge on any atom is 0.492 e. The van der Waals surface area contributed by atoms with E-state index >= 15 is 0 Å². The first-order chi connectivity index (χ1) is 10.9. The summed E-state index contributed by atoms with van der Waals surface area (Å²) in [7, 11) is 0.994. The van der Waals surface area contributed by atoms with E-state index in [2.05, 4.69) is 19.6 Å². The molecule has 1 rings (SSSR count). The van der Waals surface area contributed by atoms with Gasteiger partial charge in [-0.2, -0.15) is 26.3 Å². The van der Waals surface area contributed by atoms with Crippen LogP contribution in [0.2, 0.25) is 0 Å². The van der Waals surface area contributed by atoms with Gasteiger partial charge in [0.15, 0.2) is 0 Å². The first-order valence-corrected chi connectivity index (χ1v) is 6.06. The third-order valence-corrected chi connectivity index (χ3v) is 2.70. The van der Waals surface area contributed by atoms with Crippen molar-refractivity contribution < 1.29 is 50.3 Å². The van der Waals surface area contributed by atoms with Crippen molar-refractivity contribution in [1.29, 1.82) is 0 Å². The smallest absolute Gasteiger partial charge is 0.431 e. The monoisotopic (exact) mass is 367 g/mol. The van der Waals surface area contributed by atoms with E-state index in [9.17, 15) is 35.9 Å². The number of esters is 1. The molecule has 1 saturated heterocycles. The Kier molecular flexibility index (Phi) is 5.99. The SMILES string of the molecule is CO/N=C1/C(CN)CN(OC(=O)C(F)(F)F)C1OC(=O)C(F)(F)F. The summed E-state index contributed by atoms with van der Waals surface area (Å²) in [6.07, 6.45) is -13.0. The van der Waals surface area contributed by atoms with Crippen LogP contribution >= 0.6 is 0 Å². The molecule has 2 N–H and O–H groups in total. The molecule has 1 aliphatic heterocycles. The van der Waals surface area contributed by atoms with Crippen molar-refractivity contribution in [3.05, 3.63) is 0 Å². The number of hydrogen-bond acceptors (Lipinski definition) is 8. The Balaban J connectivity index is 3.08. The van der Waals surface area contributed by atoms with E-state index in [0.717, 1.165) is 7.11 Å². The molecule has 0 aliphatic carbocycles.